The molecule has 20 heavy (non-hydrogen) atoms. The molecule has 0 atom stereocenters. The van der Waals surface area contributed by atoms with E-state index in [1.54, 1.807) is 42.6 Å². The second-order valence-corrected chi connectivity index (χ2v) is 4.27. The standard InChI is InChI=1S/C15H14N2O3/c18-14(10-12-6-3-4-8-16-12)17-13-7-2-1-5-11(13)9-15(19)20/h1-8H,9-10H2,(H,17,18)(H,19,20). The van der Waals surface area contributed by atoms with Gasteiger partial charge in [0.15, 0.2) is 0 Å². The van der Waals surface area contributed by atoms with Crippen LogP contribution >= 0.6 is 0 Å². The molecule has 1 amide bonds. The van der Waals surface area contributed by atoms with Gasteiger partial charge in [-0.15, -0.1) is 0 Å². The fourth-order valence-corrected chi connectivity index (χ4v) is 1.82. The lowest BCUT2D eigenvalue weighted by atomic mass is 10.1. The van der Waals surface area contributed by atoms with E-state index in [1.165, 1.54) is 0 Å². The Balaban J connectivity index is 2.06. The molecule has 2 N–H and O–H groups in total. The van der Waals surface area contributed by atoms with Gasteiger partial charge in [0.1, 0.15) is 0 Å². The number of nitrogens with one attached hydrogen (secondary N) is 1. The van der Waals surface area contributed by atoms with Gasteiger partial charge in [-0.1, -0.05) is 24.3 Å². The van der Waals surface area contributed by atoms with Crippen molar-refractivity contribution in [3.05, 3.63) is 59.9 Å². The van der Waals surface area contributed by atoms with E-state index >= 15 is 0 Å². The Morgan fingerprint density at radius 3 is 2.50 bits per heavy atom. The second kappa shape index (κ2) is 6.47. The van der Waals surface area contributed by atoms with Gasteiger partial charge in [-0.05, 0) is 23.8 Å². The van der Waals surface area contributed by atoms with Crippen molar-refractivity contribution in [3.63, 3.8) is 0 Å². The number of carboxylic acid groups (broad SMARTS) is 1. The van der Waals surface area contributed by atoms with Crippen LogP contribution in [0.4, 0.5) is 5.69 Å². The highest BCUT2D eigenvalue weighted by atomic mass is 16.4. The van der Waals surface area contributed by atoms with Crippen molar-refractivity contribution in [3.8, 4) is 0 Å². The van der Waals surface area contributed by atoms with E-state index in [2.05, 4.69) is 10.3 Å². The summed E-state index contributed by atoms with van der Waals surface area (Å²) in [4.78, 5) is 26.8. The van der Waals surface area contributed by atoms with Crippen LogP contribution in [0, 0.1) is 0 Å². The van der Waals surface area contributed by atoms with Gasteiger partial charge in [0.05, 0.1) is 12.8 Å². The molecule has 0 bridgehead atoms. The smallest absolute Gasteiger partial charge is 0.307 e. The molecule has 0 spiro atoms. The Bertz CT molecular complexity index is 612. The number of anilines is 1. The van der Waals surface area contributed by atoms with Crippen LogP contribution in [-0.2, 0) is 22.4 Å². The average Bonchev–Trinajstić information content (AvgIpc) is 2.41. The minimum absolute atomic E-state index is 0.125. The minimum Gasteiger partial charge on any atom is -0.481 e. The predicted octanol–water partition coefficient (Wildman–Crippen LogP) is 1.89. The fraction of sp³-hybridized carbons (Fsp3) is 0.133. The van der Waals surface area contributed by atoms with Crippen LogP contribution in [0.25, 0.3) is 0 Å². The highest BCUT2D eigenvalue weighted by Gasteiger charge is 2.10. The number of carbonyl (C=O) groups excluding carboxylic acids is 1. The number of nitrogens with zero attached hydrogens (tertiary/aromatic N) is 1. The predicted molar refractivity (Wildman–Crippen MR) is 74.4 cm³/mol. The largest absolute Gasteiger partial charge is 0.481 e. The van der Waals surface area contributed by atoms with Crippen molar-refractivity contribution in [2.24, 2.45) is 0 Å². The van der Waals surface area contributed by atoms with Crippen LogP contribution < -0.4 is 5.32 Å². The summed E-state index contributed by atoms with van der Waals surface area (Å²) in [7, 11) is 0. The van der Waals surface area contributed by atoms with Gasteiger partial charge in [0.25, 0.3) is 0 Å². The van der Waals surface area contributed by atoms with Crippen LogP contribution in [-0.4, -0.2) is 22.0 Å². The molecule has 0 saturated carbocycles. The lowest BCUT2D eigenvalue weighted by Crippen LogP contribution is -2.17. The molecule has 0 aliphatic carbocycles. The zero-order valence-electron chi connectivity index (χ0n) is 10.7. The van der Waals surface area contributed by atoms with Crippen molar-refractivity contribution in [2.45, 2.75) is 12.8 Å². The molecule has 1 aromatic carbocycles. The van der Waals surface area contributed by atoms with Gasteiger partial charge in [-0.3, -0.25) is 14.6 Å². The number of hydrogen-bond donors (Lipinski definition) is 2. The second-order valence-electron chi connectivity index (χ2n) is 4.27. The van der Waals surface area contributed by atoms with Crippen molar-refractivity contribution >= 4 is 17.6 Å². The van der Waals surface area contributed by atoms with E-state index in [0.29, 0.717) is 16.9 Å². The fourth-order valence-electron chi connectivity index (χ4n) is 1.82. The summed E-state index contributed by atoms with van der Waals surface area (Å²) < 4.78 is 0. The summed E-state index contributed by atoms with van der Waals surface area (Å²) in [6.07, 6.45) is 1.66. The van der Waals surface area contributed by atoms with E-state index in [4.69, 9.17) is 5.11 Å². The lowest BCUT2D eigenvalue weighted by molar-refractivity contribution is -0.136. The lowest BCUT2D eigenvalue weighted by Gasteiger charge is -2.09. The summed E-state index contributed by atoms with van der Waals surface area (Å²) in [5.74, 6) is -1.15. The number of amides is 1. The first-order chi connectivity index (χ1) is 9.65. The minimum atomic E-state index is -0.934. The quantitative estimate of drug-likeness (QED) is 0.869. The maximum Gasteiger partial charge on any atom is 0.307 e. The molecule has 0 unspecified atom stereocenters. The number of carboxylic acids is 1. The number of benzene rings is 1. The number of aromatic nitrogens is 1. The number of rotatable bonds is 5. The maximum absolute atomic E-state index is 11.9. The van der Waals surface area contributed by atoms with Gasteiger partial charge in [-0.25, -0.2) is 0 Å². The molecular formula is C15H14N2O3. The van der Waals surface area contributed by atoms with Crippen molar-refractivity contribution in [1.29, 1.82) is 0 Å². The first-order valence-corrected chi connectivity index (χ1v) is 6.14. The molecule has 102 valence electrons. The van der Waals surface area contributed by atoms with Crippen molar-refractivity contribution < 1.29 is 14.7 Å². The van der Waals surface area contributed by atoms with E-state index in [-0.39, 0.29) is 18.7 Å². The molecule has 1 aromatic heterocycles. The first-order valence-electron chi connectivity index (χ1n) is 6.14. The summed E-state index contributed by atoms with van der Waals surface area (Å²) in [6, 6.07) is 12.2. The third kappa shape index (κ3) is 3.91. The monoisotopic (exact) mass is 270 g/mol. The Morgan fingerprint density at radius 1 is 1.05 bits per heavy atom. The van der Waals surface area contributed by atoms with Crippen molar-refractivity contribution in [2.75, 3.05) is 5.32 Å². The average molecular weight is 270 g/mol. The number of pyridine rings is 1. The molecule has 1 heterocycles. The van der Waals surface area contributed by atoms with Gasteiger partial charge < -0.3 is 10.4 Å². The van der Waals surface area contributed by atoms with E-state index < -0.39 is 5.97 Å². The molecule has 0 radical (unpaired) electrons. The van der Waals surface area contributed by atoms with E-state index in [1.807, 2.05) is 6.07 Å². The van der Waals surface area contributed by atoms with Gasteiger partial charge in [-0.2, -0.15) is 0 Å². The third-order valence-electron chi connectivity index (χ3n) is 2.70. The van der Waals surface area contributed by atoms with Gasteiger partial charge in [0, 0.05) is 17.6 Å². The van der Waals surface area contributed by atoms with Crippen LogP contribution in [0.3, 0.4) is 0 Å². The maximum atomic E-state index is 11.9. The number of para-hydroxylation sites is 1. The van der Waals surface area contributed by atoms with Crippen LogP contribution in [0.15, 0.2) is 48.7 Å². The van der Waals surface area contributed by atoms with Crippen LogP contribution in [0.2, 0.25) is 0 Å². The van der Waals surface area contributed by atoms with E-state index in [9.17, 15) is 9.59 Å². The highest BCUT2D eigenvalue weighted by Crippen LogP contribution is 2.16. The molecule has 5 nitrogen and oxygen atoms in total. The number of aliphatic carboxylic acids is 1. The Hall–Kier alpha value is -2.69. The molecular weight excluding hydrogens is 256 g/mol. The van der Waals surface area contributed by atoms with Crippen LogP contribution in [0.5, 0.6) is 0 Å². The summed E-state index contributed by atoms with van der Waals surface area (Å²) in [5.41, 5.74) is 1.77. The van der Waals surface area contributed by atoms with Gasteiger partial charge in [0.2, 0.25) is 5.91 Å². The third-order valence-corrected chi connectivity index (χ3v) is 2.70. The number of carbonyl (C=O) groups is 2. The van der Waals surface area contributed by atoms with Gasteiger partial charge >= 0.3 is 5.97 Å². The summed E-state index contributed by atoms with van der Waals surface area (Å²) in [5, 5.41) is 11.6. The molecule has 5 heteroatoms. The Kier molecular flexibility index (Phi) is 4.44. The number of hydrogen-bond acceptors (Lipinski definition) is 3. The highest BCUT2D eigenvalue weighted by molar-refractivity contribution is 5.93. The molecule has 2 rings (SSSR count). The Labute approximate surface area is 116 Å². The topological polar surface area (TPSA) is 79.3 Å². The summed E-state index contributed by atoms with van der Waals surface area (Å²) in [6.45, 7) is 0. The molecule has 0 fully saturated rings. The zero-order chi connectivity index (χ0) is 14.4. The first kappa shape index (κ1) is 13.7. The van der Waals surface area contributed by atoms with E-state index in [0.717, 1.165) is 0 Å². The molecule has 0 saturated heterocycles. The van der Waals surface area contributed by atoms with Crippen LogP contribution in [0.1, 0.15) is 11.3 Å². The Morgan fingerprint density at radius 2 is 1.80 bits per heavy atom. The molecule has 0 aliphatic rings. The van der Waals surface area contributed by atoms with Crippen molar-refractivity contribution in [1.82, 2.24) is 4.98 Å². The molecule has 2 aromatic rings. The summed E-state index contributed by atoms with van der Waals surface area (Å²) >= 11 is 0. The molecule has 0 aliphatic heterocycles. The normalized spacial score (nSPS) is 10.0. The zero-order valence-corrected chi connectivity index (χ0v) is 10.7. The SMILES string of the molecule is O=C(O)Cc1ccccc1NC(=O)Cc1ccccn1.